The number of carbonyl (C=O) groups is 1. The van der Waals surface area contributed by atoms with Crippen LogP contribution in [0.2, 0.25) is 0 Å². The molecule has 0 unspecified atom stereocenters. The Hall–Kier alpha value is -1.40. The van der Waals surface area contributed by atoms with Crippen LogP contribution in [0.15, 0.2) is 24.3 Å². The largest absolute Gasteiger partial charge is 0.301 e. The molecule has 0 radical (unpaired) electrons. The molecule has 1 N–H and O–H groups in total. The molecule has 0 aromatic heterocycles. The Morgan fingerprint density at radius 1 is 1.18 bits per heavy atom. The first-order valence-electron chi connectivity index (χ1n) is 5.36. The maximum absolute atomic E-state index is 11.9. The molecule has 0 aliphatic heterocycles. The van der Waals surface area contributed by atoms with Crippen molar-refractivity contribution in [1.29, 1.82) is 0 Å². The Morgan fingerprint density at radius 2 is 1.71 bits per heavy atom. The van der Waals surface area contributed by atoms with Gasteiger partial charge in [0, 0.05) is 24.3 Å². The summed E-state index contributed by atoms with van der Waals surface area (Å²) < 4.78 is 27.5. The molecule has 1 aromatic carbocycles. The van der Waals surface area contributed by atoms with E-state index in [-0.39, 0.29) is 0 Å². The Morgan fingerprint density at radius 3 is 2.12 bits per heavy atom. The second kappa shape index (κ2) is 5.79. The highest BCUT2D eigenvalue weighted by Gasteiger charge is 2.17. The zero-order valence-electron chi connectivity index (χ0n) is 9.88. The average Bonchev–Trinajstić information content (AvgIpc) is 2.30. The molecule has 0 heterocycles. The van der Waals surface area contributed by atoms with E-state index in [0.29, 0.717) is 30.6 Å². The van der Waals surface area contributed by atoms with E-state index in [1.54, 1.807) is 38.1 Å². The molecule has 0 bridgehead atoms. The lowest BCUT2D eigenvalue weighted by Gasteiger charge is -2.19. The number of anilines is 1. The molecule has 0 fully saturated rings. The molecular weight excluding hydrogens is 240 g/mol. The summed E-state index contributed by atoms with van der Waals surface area (Å²) in [6, 6.07) is 6.25. The molecule has 0 spiro atoms. The molecular formula is C11H16N2O3S. The van der Waals surface area contributed by atoms with Gasteiger partial charge < -0.3 is 0 Å². The molecule has 1 aromatic rings. The van der Waals surface area contributed by atoms with Crippen LogP contribution in [0, 0.1) is 0 Å². The van der Waals surface area contributed by atoms with Crippen LogP contribution in [0.1, 0.15) is 24.2 Å². The van der Waals surface area contributed by atoms with Crippen LogP contribution in [0.25, 0.3) is 0 Å². The summed E-state index contributed by atoms with van der Waals surface area (Å²) in [7, 11) is -3.50. The molecule has 5 nitrogen and oxygen atoms in total. The van der Waals surface area contributed by atoms with Gasteiger partial charge in [-0.2, -0.15) is 12.7 Å². The third-order valence-corrected chi connectivity index (χ3v) is 4.03. The average molecular weight is 256 g/mol. The summed E-state index contributed by atoms with van der Waals surface area (Å²) in [5, 5.41) is 0. The highest BCUT2D eigenvalue weighted by molar-refractivity contribution is 7.90. The molecule has 17 heavy (non-hydrogen) atoms. The van der Waals surface area contributed by atoms with Crippen molar-refractivity contribution in [1.82, 2.24) is 4.31 Å². The van der Waals surface area contributed by atoms with E-state index in [2.05, 4.69) is 4.72 Å². The molecule has 0 saturated carbocycles. The van der Waals surface area contributed by atoms with Crippen LogP contribution in [0.4, 0.5) is 5.69 Å². The molecule has 0 aliphatic rings. The molecule has 0 amide bonds. The number of nitrogens with one attached hydrogen (secondary N) is 1. The minimum absolute atomic E-state index is 0.415. The summed E-state index contributed by atoms with van der Waals surface area (Å²) in [5.74, 6) is 0. The predicted molar refractivity (Wildman–Crippen MR) is 67.3 cm³/mol. The topological polar surface area (TPSA) is 66.5 Å². The van der Waals surface area contributed by atoms with Crippen LogP contribution in [-0.4, -0.2) is 32.1 Å². The summed E-state index contributed by atoms with van der Waals surface area (Å²) >= 11 is 0. The van der Waals surface area contributed by atoms with Crippen LogP contribution < -0.4 is 4.72 Å². The zero-order valence-corrected chi connectivity index (χ0v) is 10.7. The van der Waals surface area contributed by atoms with Crippen molar-refractivity contribution in [3.05, 3.63) is 29.8 Å². The monoisotopic (exact) mass is 256 g/mol. The van der Waals surface area contributed by atoms with E-state index in [0.717, 1.165) is 0 Å². The minimum atomic E-state index is -3.50. The highest BCUT2D eigenvalue weighted by atomic mass is 32.2. The van der Waals surface area contributed by atoms with E-state index in [1.807, 2.05) is 0 Å². The molecule has 94 valence electrons. The molecule has 0 aliphatic carbocycles. The lowest BCUT2D eigenvalue weighted by atomic mass is 10.2. The molecule has 6 heteroatoms. The molecule has 0 saturated heterocycles. The van der Waals surface area contributed by atoms with E-state index in [9.17, 15) is 13.2 Å². The second-order valence-electron chi connectivity index (χ2n) is 3.43. The van der Waals surface area contributed by atoms with Gasteiger partial charge in [-0.05, 0) is 24.3 Å². The zero-order chi connectivity index (χ0) is 12.9. The van der Waals surface area contributed by atoms with E-state index in [4.69, 9.17) is 0 Å². The summed E-state index contributed by atoms with van der Waals surface area (Å²) in [4.78, 5) is 10.5. The predicted octanol–water partition coefficient (Wildman–Crippen LogP) is 1.50. The Bertz CT molecular complexity index is 464. The van der Waals surface area contributed by atoms with Crippen LogP contribution in [0.3, 0.4) is 0 Å². The third kappa shape index (κ3) is 3.54. The second-order valence-corrected chi connectivity index (χ2v) is 5.10. The fraction of sp³-hybridized carbons (Fsp3) is 0.364. The number of nitrogens with zero attached hydrogens (tertiary/aromatic N) is 1. The third-order valence-electron chi connectivity index (χ3n) is 2.34. The maximum atomic E-state index is 11.9. The fourth-order valence-corrected chi connectivity index (χ4v) is 2.65. The van der Waals surface area contributed by atoms with Gasteiger partial charge in [0.1, 0.15) is 6.29 Å². The number of hydrogen-bond donors (Lipinski definition) is 1. The van der Waals surface area contributed by atoms with Crippen molar-refractivity contribution < 1.29 is 13.2 Å². The van der Waals surface area contributed by atoms with Gasteiger partial charge in [-0.15, -0.1) is 0 Å². The van der Waals surface area contributed by atoms with Gasteiger partial charge in [-0.3, -0.25) is 9.52 Å². The fourth-order valence-electron chi connectivity index (χ4n) is 1.41. The van der Waals surface area contributed by atoms with Crippen LogP contribution >= 0.6 is 0 Å². The smallest absolute Gasteiger partial charge is 0.298 e. The van der Waals surface area contributed by atoms with Crippen molar-refractivity contribution in [2.45, 2.75) is 13.8 Å². The Kier molecular flexibility index (Phi) is 4.65. The number of rotatable bonds is 6. The summed E-state index contributed by atoms with van der Waals surface area (Å²) in [6.07, 6.45) is 0.711. The van der Waals surface area contributed by atoms with Gasteiger partial charge in [0.15, 0.2) is 0 Å². The SMILES string of the molecule is CCN(CC)S(=O)(=O)Nc1ccc(C=O)cc1. The number of carbonyl (C=O) groups excluding carboxylic acids is 1. The van der Waals surface area contributed by atoms with E-state index >= 15 is 0 Å². The summed E-state index contributed by atoms with van der Waals surface area (Å²) in [6.45, 7) is 4.38. The van der Waals surface area contributed by atoms with Gasteiger partial charge in [0.2, 0.25) is 0 Å². The number of benzene rings is 1. The van der Waals surface area contributed by atoms with Crippen molar-refractivity contribution >= 4 is 22.2 Å². The Balaban J connectivity index is 2.86. The maximum Gasteiger partial charge on any atom is 0.301 e. The lowest BCUT2D eigenvalue weighted by Crippen LogP contribution is -2.35. The van der Waals surface area contributed by atoms with Crippen molar-refractivity contribution in [3.8, 4) is 0 Å². The first kappa shape index (κ1) is 13.7. The number of aldehydes is 1. The highest BCUT2D eigenvalue weighted by Crippen LogP contribution is 2.12. The number of hydrogen-bond acceptors (Lipinski definition) is 3. The van der Waals surface area contributed by atoms with Crippen molar-refractivity contribution in [3.63, 3.8) is 0 Å². The van der Waals surface area contributed by atoms with Crippen molar-refractivity contribution in [2.75, 3.05) is 17.8 Å². The standard InChI is InChI=1S/C11H16N2O3S/c1-3-13(4-2)17(15,16)12-11-7-5-10(9-14)6-8-11/h5-9,12H,3-4H2,1-2H3. The van der Waals surface area contributed by atoms with Crippen LogP contribution in [0.5, 0.6) is 0 Å². The first-order chi connectivity index (χ1) is 8.03. The van der Waals surface area contributed by atoms with Gasteiger partial charge in [0.05, 0.1) is 0 Å². The Labute approximate surface area is 102 Å². The molecule has 0 atom stereocenters. The van der Waals surface area contributed by atoms with E-state index < -0.39 is 10.2 Å². The lowest BCUT2D eigenvalue weighted by molar-refractivity contribution is 0.112. The summed E-state index contributed by atoms with van der Waals surface area (Å²) in [5.41, 5.74) is 0.957. The normalized spacial score (nSPS) is 11.5. The van der Waals surface area contributed by atoms with Crippen LogP contribution in [-0.2, 0) is 10.2 Å². The van der Waals surface area contributed by atoms with E-state index in [1.165, 1.54) is 4.31 Å². The first-order valence-corrected chi connectivity index (χ1v) is 6.80. The quantitative estimate of drug-likeness (QED) is 0.784. The van der Waals surface area contributed by atoms with Gasteiger partial charge in [0.25, 0.3) is 0 Å². The molecule has 1 rings (SSSR count). The van der Waals surface area contributed by atoms with Gasteiger partial charge >= 0.3 is 10.2 Å². The minimum Gasteiger partial charge on any atom is -0.298 e. The van der Waals surface area contributed by atoms with Crippen molar-refractivity contribution in [2.24, 2.45) is 0 Å². The van der Waals surface area contributed by atoms with Gasteiger partial charge in [-0.25, -0.2) is 0 Å². The van der Waals surface area contributed by atoms with Gasteiger partial charge in [-0.1, -0.05) is 13.8 Å².